The number of phenolic OH excluding ortho intramolecular Hbond substituents is 1. The Morgan fingerprint density at radius 1 is 0.621 bits per heavy atom. The van der Waals surface area contributed by atoms with E-state index in [2.05, 4.69) is 9.97 Å². The van der Waals surface area contributed by atoms with Crippen molar-refractivity contribution >= 4 is 33.7 Å². The molecule has 1 N–H and O–H groups in total. The van der Waals surface area contributed by atoms with Gasteiger partial charge in [0.1, 0.15) is 17.4 Å². The molecule has 22 nitrogen and oxygen atoms in total. The molecule has 2 aliphatic rings. The van der Waals surface area contributed by atoms with E-state index in [4.69, 9.17) is 35.3 Å². The van der Waals surface area contributed by atoms with Gasteiger partial charge in [0.05, 0.1) is 81.8 Å². The molecule has 0 unspecified atom stereocenters. The highest BCUT2D eigenvalue weighted by molar-refractivity contribution is 6.32. The quantitative estimate of drug-likeness (QED) is 0.169. The summed E-state index contributed by atoms with van der Waals surface area (Å²) in [6.07, 6.45) is 1.50. The van der Waals surface area contributed by atoms with E-state index in [9.17, 15) is 33.9 Å². The van der Waals surface area contributed by atoms with Crippen LogP contribution in [0.1, 0.15) is 29.0 Å². The van der Waals surface area contributed by atoms with Crippen molar-refractivity contribution in [2.24, 2.45) is 14.1 Å². The molecule has 23 heteroatoms. The van der Waals surface area contributed by atoms with Crippen molar-refractivity contribution in [2.75, 3.05) is 35.5 Å². The Kier molecular flexibility index (Phi) is 10.8. The van der Waals surface area contributed by atoms with Crippen LogP contribution in [0.3, 0.4) is 0 Å². The Morgan fingerprint density at radius 3 is 1.59 bits per heavy atom. The average molecular weight is 927 g/mol. The predicted octanol–water partition coefficient (Wildman–Crippen LogP) is 1.10. The minimum atomic E-state index is -1.11. The molecule has 2 atom stereocenters. The second-order valence-electron chi connectivity index (χ2n) is 15.7. The van der Waals surface area contributed by atoms with Crippen LogP contribution in [0.15, 0.2) is 76.8 Å². The fourth-order valence-corrected chi connectivity index (χ4v) is 9.24. The molecule has 66 heavy (non-hydrogen) atoms. The standard InChI is InChI=1S/C43H43ClN10O12/c1-47-28-18-33(64-5)31(62-3)16-26(28)45-24(38(47)56)9-11-49-40(58)51-13-8-22-30(53(51)42(49)60)20-52-41(59)50(43(61)54(52)36(22)21-14-23(44)37(55)35(15-21)66-7)12-10-25-39(57)48(2)29-19-34(65-6)32(63-4)17-27(29)46-25/h8,14-19,30,36,55H,9-13,20H2,1-7H3/t30-,36+/m1/s1. The van der Waals surface area contributed by atoms with Gasteiger partial charge in [0, 0.05) is 64.3 Å². The first kappa shape index (κ1) is 43.5. The Balaban J connectivity index is 1.12. The summed E-state index contributed by atoms with van der Waals surface area (Å²) < 4.78 is 36.8. The number of rotatable bonds is 12. The van der Waals surface area contributed by atoms with E-state index in [0.29, 0.717) is 56.2 Å². The van der Waals surface area contributed by atoms with Crippen LogP contribution in [-0.4, -0.2) is 87.6 Å². The number of hydrogen-bond acceptors (Lipinski definition) is 14. The summed E-state index contributed by atoms with van der Waals surface area (Å²) in [4.78, 5) is 93.9. The van der Waals surface area contributed by atoms with Crippen molar-refractivity contribution in [1.82, 2.24) is 47.0 Å². The van der Waals surface area contributed by atoms with Crippen LogP contribution in [0.25, 0.3) is 22.1 Å². The molecule has 6 heterocycles. The van der Waals surface area contributed by atoms with Gasteiger partial charge in [-0.3, -0.25) is 9.59 Å². The molecule has 0 fully saturated rings. The average Bonchev–Trinajstić information content (AvgIpc) is 3.71. The summed E-state index contributed by atoms with van der Waals surface area (Å²) in [5.74, 6) is 1.22. The van der Waals surface area contributed by atoms with Crippen LogP contribution >= 0.6 is 11.6 Å². The first-order valence-corrected chi connectivity index (χ1v) is 20.9. The lowest BCUT2D eigenvalue weighted by molar-refractivity contribution is 0.245. The van der Waals surface area contributed by atoms with Gasteiger partial charge < -0.3 is 37.9 Å². The summed E-state index contributed by atoms with van der Waals surface area (Å²) >= 11 is 6.51. The van der Waals surface area contributed by atoms with Crippen LogP contribution in [0.2, 0.25) is 5.02 Å². The summed E-state index contributed by atoms with van der Waals surface area (Å²) in [6, 6.07) is 7.31. The largest absolute Gasteiger partial charge is 0.503 e. The minimum absolute atomic E-state index is 0.0175. The van der Waals surface area contributed by atoms with Crippen LogP contribution in [-0.2, 0) is 53.1 Å². The molecule has 2 aliphatic heterocycles. The van der Waals surface area contributed by atoms with E-state index in [1.54, 1.807) is 44.4 Å². The van der Waals surface area contributed by atoms with Gasteiger partial charge in [-0.15, -0.1) is 0 Å². The number of aryl methyl sites for hydroxylation is 4. The van der Waals surface area contributed by atoms with E-state index >= 15 is 0 Å². The lowest BCUT2D eigenvalue weighted by atomic mass is 9.90. The fraction of sp³-hybridized carbons (Fsp3) is 0.349. The third kappa shape index (κ3) is 6.60. The number of halogens is 1. The highest BCUT2D eigenvalue weighted by atomic mass is 35.5. The highest BCUT2D eigenvalue weighted by Crippen LogP contribution is 2.43. The summed E-state index contributed by atoms with van der Waals surface area (Å²) in [5, 5.41) is 10.6. The first-order valence-electron chi connectivity index (χ1n) is 20.5. The van der Waals surface area contributed by atoms with Crippen LogP contribution in [0, 0.1) is 0 Å². The maximum atomic E-state index is 14.6. The summed E-state index contributed by atoms with van der Waals surface area (Å²) in [7, 11) is 10.4. The molecule has 0 spiro atoms. The Labute approximate surface area is 376 Å². The summed E-state index contributed by atoms with van der Waals surface area (Å²) in [5.41, 5.74) is -1.02. The number of aromatic hydroxyl groups is 1. The number of fused-ring (bicyclic) bond motifs is 6. The van der Waals surface area contributed by atoms with Crippen molar-refractivity contribution in [3.63, 3.8) is 0 Å². The highest BCUT2D eigenvalue weighted by Gasteiger charge is 2.42. The normalized spacial score (nSPS) is 15.3. The molecular formula is C43H43ClN10O12. The number of ether oxygens (including phenoxy) is 5. The van der Waals surface area contributed by atoms with Gasteiger partial charge in [-0.05, 0) is 23.3 Å². The second-order valence-corrected chi connectivity index (χ2v) is 16.1. The zero-order chi connectivity index (χ0) is 47.0. The number of aromatic nitrogens is 10. The molecule has 0 aliphatic carbocycles. The van der Waals surface area contributed by atoms with Crippen molar-refractivity contribution in [3.05, 3.63) is 133 Å². The second kappa shape index (κ2) is 16.4. The van der Waals surface area contributed by atoms with E-state index in [0.717, 1.165) is 9.13 Å². The zero-order valence-electron chi connectivity index (χ0n) is 36.7. The lowest BCUT2D eigenvalue weighted by Gasteiger charge is -2.37. The number of benzene rings is 3. The number of phenols is 1. The van der Waals surface area contributed by atoms with Crippen molar-refractivity contribution in [2.45, 2.75) is 51.1 Å². The molecule has 0 saturated carbocycles. The maximum absolute atomic E-state index is 14.6. The van der Waals surface area contributed by atoms with Crippen LogP contribution in [0.5, 0.6) is 34.5 Å². The molecule has 0 saturated heterocycles. The first-order chi connectivity index (χ1) is 31.6. The minimum Gasteiger partial charge on any atom is -0.503 e. The van der Waals surface area contributed by atoms with Crippen LogP contribution in [0.4, 0.5) is 0 Å². The molecule has 7 aromatic rings. The molecule has 9 rings (SSSR count). The molecule has 0 amide bonds. The molecule has 3 aromatic carbocycles. The number of allylic oxidation sites excluding steroid dienone is 2. The van der Waals surface area contributed by atoms with Crippen LogP contribution < -0.4 is 57.6 Å². The van der Waals surface area contributed by atoms with Gasteiger partial charge in [-0.2, -0.15) is 0 Å². The Morgan fingerprint density at radius 2 is 1.09 bits per heavy atom. The van der Waals surface area contributed by atoms with E-state index < -0.39 is 46.0 Å². The SMILES string of the molecule is COc1cc2nc(CCn3c(=O)n4n(c3=O)[C@@H]3Cn5c(=O)n(CCc6nc7cc(OC)c(OC)cc7n(C)c6=O)c(=O)n5[C@@H](c5cc(Cl)c(O)c(OC)c5)C3=CC4)c(=O)n(C)c2cc1OC. The fourth-order valence-electron chi connectivity index (χ4n) is 9.02. The predicted molar refractivity (Wildman–Crippen MR) is 238 cm³/mol. The molecule has 344 valence electrons. The number of methoxy groups -OCH3 is 5. The van der Waals surface area contributed by atoms with Gasteiger partial charge >= 0.3 is 22.8 Å². The van der Waals surface area contributed by atoms with Gasteiger partial charge in [0.25, 0.3) is 11.1 Å². The number of hydrogen-bond donors (Lipinski definition) is 1. The van der Waals surface area contributed by atoms with Gasteiger partial charge in [0.15, 0.2) is 34.5 Å². The maximum Gasteiger partial charge on any atom is 0.348 e. The van der Waals surface area contributed by atoms with E-state index in [1.807, 2.05) is 0 Å². The van der Waals surface area contributed by atoms with Crippen molar-refractivity contribution in [3.8, 4) is 34.5 Å². The van der Waals surface area contributed by atoms with Gasteiger partial charge in [-0.1, -0.05) is 17.7 Å². The van der Waals surface area contributed by atoms with Gasteiger partial charge in [-0.25, -0.2) is 57.0 Å². The zero-order valence-corrected chi connectivity index (χ0v) is 37.5. The monoisotopic (exact) mass is 926 g/mol. The molecule has 0 radical (unpaired) electrons. The third-order valence-electron chi connectivity index (χ3n) is 12.4. The number of nitrogens with zero attached hydrogens (tertiary/aromatic N) is 10. The van der Waals surface area contributed by atoms with Gasteiger partial charge in [0.2, 0.25) is 0 Å². The van der Waals surface area contributed by atoms with Crippen molar-refractivity contribution < 1.29 is 28.8 Å². The lowest BCUT2D eigenvalue weighted by Crippen LogP contribution is -2.47. The Hall–Kier alpha value is -7.75. The molecular weight excluding hydrogens is 884 g/mol. The molecule has 0 bridgehead atoms. The Bertz CT molecular complexity index is 3590. The van der Waals surface area contributed by atoms with Crippen molar-refractivity contribution in [1.29, 1.82) is 0 Å². The summed E-state index contributed by atoms with van der Waals surface area (Å²) in [6.45, 7) is -0.834. The molecule has 4 aromatic heterocycles. The van der Waals surface area contributed by atoms with E-state index in [-0.39, 0.29) is 66.9 Å². The van der Waals surface area contributed by atoms with E-state index in [1.165, 1.54) is 75.5 Å². The third-order valence-corrected chi connectivity index (χ3v) is 12.7. The smallest absolute Gasteiger partial charge is 0.348 e. The topological polar surface area (TPSA) is 234 Å².